The first-order valence-corrected chi connectivity index (χ1v) is 7.42. The minimum absolute atomic E-state index is 0.218. The van der Waals surface area contributed by atoms with Gasteiger partial charge in [0.25, 0.3) is 0 Å². The smallest absolute Gasteiger partial charge is 0.248 e. The molecule has 3 rings (SSSR count). The number of carbonyl (C=O) groups is 1. The van der Waals surface area contributed by atoms with Crippen LogP contribution in [0.5, 0.6) is 0 Å². The van der Waals surface area contributed by atoms with Crippen LogP contribution in [0, 0.1) is 0 Å². The normalized spacial score (nSPS) is 22.2. The maximum absolute atomic E-state index is 11.6. The number of nitrogens with two attached hydrogens (primary N) is 1. The van der Waals surface area contributed by atoms with E-state index in [0.717, 1.165) is 38.3 Å². The van der Waals surface area contributed by atoms with Gasteiger partial charge in [0.05, 0.1) is 13.2 Å². The number of hydrogen-bond donors (Lipinski definition) is 1. The molecule has 1 saturated heterocycles. The minimum Gasteiger partial charge on any atom is -0.379 e. The second-order valence-corrected chi connectivity index (χ2v) is 5.88. The van der Waals surface area contributed by atoms with Crippen LogP contribution in [0.2, 0.25) is 0 Å². The van der Waals surface area contributed by atoms with Crippen molar-refractivity contribution in [1.82, 2.24) is 4.90 Å². The average Bonchev–Trinajstić information content (AvgIpc) is 2.44. The van der Waals surface area contributed by atoms with E-state index in [1.807, 2.05) is 24.3 Å². The molecule has 0 radical (unpaired) electrons. The van der Waals surface area contributed by atoms with Crippen LogP contribution in [0.4, 0.5) is 0 Å². The van der Waals surface area contributed by atoms with Crippen LogP contribution in [0.25, 0.3) is 0 Å². The van der Waals surface area contributed by atoms with E-state index in [4.69, 9.17) is 10.5 Å². The molecular formula is C16H22N2O2. The Morgan fingerprint density at radius 2 is 1.95 bits per heavy atom. The van der Waals surface area contributed by atoms with Crippen molar-refractivity contribution >= 4 is 5.91 Å². The number of nitrogens with zero attached hydrogens (tertiary/aromatic N) is 1. The Balaban J connectivity index is 1.83. The molecule has 0 atom stereocenters. The molecule has 4 heteroatoms. The van der Waals surface area contributed by atoms with Gasteiger partial charge < -0.3 is 10.5 Å². The Bertz CT molecular complexity index is 491. The molecule has 2 N–H and O–H groups in total. The standard InChI is InChI=1S/C16H22N2O2/c17-15(19)14-5-2-1-4-13(14)12-16(6-3-7-16)18-8-10-20-11-9-18/h1-2,4-5H,3,6-12H2,(H2,17,19). The van der Waals surface area contributed by atoms with E-state index in [1.165, 1.54) is 19.3 Å². The van der Waals surface area contributed by atoms with Gasteiger partial charge in [0, 0.05) is 24.2 Å². The molecule has 108 valence electrons. The van der Waals surface area contributed by atoms with Gasteiger partial charge in [0.2, 0.25) is 5.91 Å². The summed E-state index contributed by atoms with van der Waals surface area (Å²) in [6, 6.07) is 7.75. The molecule has 1 aliphatic carbocycles. The van der Waals surface area contributed by atoms with Gasteiger partial charge in [-0.15, -0.1) is 0 Å². The summed E-state index contributed by atoms with van der Waals surface area (Å²) in [5, 5.41) is 0. The summed E-state index contributed by atoms with van der Waals surface area (Å²) < 4.78 is 5.46. The number of morpholine rings is 1. The molecule has 0 spiro atoms. The summed E-state index contributed by atoms with van der Waals surface area (Å²) in [5.74, 6) is -0.322. The Morgan fingerprint density at radius 3 is 2.55 bits per heavy atom. The van der Waals surface area contributed by atoms with Crippen molar-refractivity contribution in [2.24, 2.45) is 5.73 Å². The third-order valence-corrected chi connectivity index (χ3v) is 4.77. The zero-order valence-electron chi connectivity index (χ0n) is 11.8. The summed E-state index contributed by atoms with van der Waals surface area (Å²) in [6.07, 6.45) is 4.61. The fraction of sp³-hybridized carbons (Fsp3) is 0.562. The van der Waals surface area contributed by atoms with Gasteiger partial charge in [-0.1, -0.05) is 18.2 Å². The lowest BCUT2D eigenvalue weighted by Gasteiger charge is -2.52. The van der Waals surface area contributed by atoms with E-state index in [-0.39, 0.29) is 11.4 Å². The second-order valence-electron chi connectivity index (χ2n) is 5.88. The number of benzene rings is 1. The van der Waals surface area contributed by atoms with Crippen LogP contribution < -0.4 is 5.73 Å². The SMILES string of the molecule is NC(=O)c1ccccc1CC1(N2CCOCC2)CCC1. The Labute approximate surface area is 119 Å². The van der Waals surface area contributed by atoms with Gasteiger partial charge in [0.15, 0.2) is 0 Å². The molecule has 20 heavy (non-hydrogen) atoms. The van der Waals surface area contributed by atoms with E-state index in [1.54, 1.807) is 0 Å². The molecule has 1 aromatic carbocycles. The highest BCUT2D eigenvalue weighted by atomic mass is 16.5. The Hall–Kier alpha value is -1.39. The monoisotopic (exact) mass is 274 g/mol. The van der Waals surface area contributed by atoms with Crippen molar-refractivity contribution in [3.63, 3.8) is 0 Å². The third kappa shape index (κ3) is 2.45. The maximum Gasteiger partial charge on any atom is 0.248 e. The number of carbonyl (C=O) groups excluding carboxylic acids is 1. The summed E-state index contributed by atoms with van der Waals surface area (Å²) in [4.78, 5) is 14.1. The quantitative estimate of drug-likeness (QED) is 0.907. The van der Waals surface area contributed by atoms with E-state index in [0.29, 0.717) is 5.56 Å². The predicted octanol–water partition coefficient (Wildman–Crippen LogP) is 1.58. The van der Waals surface area contributed by atoms with Crippen LogP contribution in [-0.4, -0.2) is 42.6 Å². The van der Waals surface area contributed by atoms with Crippen molar-refractivity contribution in [2.45, 2.75) is 31.2 Å². The molecule has 4 nitrogen and oxygen atoms in total. The van der Waals surface area contributed by atoms with Gasteiger partial charge in [-0.05, 0) is 37.3 Å². The van der Waals surface area contributed by atoms with Crippen molar-refractivity contribution in [2.75, 3.05) is 26.3 Å². The van der Waals surface area contributed by atoms with Gasteiger partial charge >= 0.3 is 0 Å². The highest BCUT2D eigenvalue weighted by Crippen LogP contribution is 2.41. The lowest BCUT2D eigenvalue weighted by molar-refractivity contribution is -0.0557. The van der Waals surface area contributed by atoms with Gasteiger partial charge in [-0.25, -0.2) is 0 Å². The van der Waals surface area contributed by atoms with Gasteiger partial charge in [0.1, 0.15) is 0 Å². The number of primary amides is 1. The topological polar surface area (TPSA) is 55.6 Å². The van der Waals surface area contributed by atoms with Gasteiger partial charge in [-0.3, -0.25) is 9.69 Å². The van der Waals surface area contributed by atoms with E-state index < -0.39 is 0 Å². The molecule has 1 aliphatic heterocycles. The maximum atomic E-state index is 11.6. The van der Waals surface area contributed by atoms with E-state index in [9.17, 15) is 4.79 Å². The molecule has 0 unspecified atom stereocenters. The number of hydrogen-bond acceptors (Lipinski definition) is 3. The summed E-state index contributed by atoms with van der Waals surface area (Å²) in [5.41, 5.74) is 7.48. The molecule has 1 heterocycles. The number of amides is 1. The van der Waals surface area contributed by atoms with Crippen molar-refractivity contribution in [3.05, 3.63) is 35.4 Å². The van der Waals surface area contributed by atoms with Crippen molar-refractivity contribution in [1.29, 1.82) is 0 Å². The zero-order valence-corrected chi connectivity index (χ0v) is 11.8. The Kier molecular flexibility index (Phi) is 3.76. The van der Waals surface area contributed by atoms with Crippen LogP contribution in [0.15, 0.2) is 24.3 Å². The highest BCUT2D eigenvalue weighted by molar-refractivity contribution is 5.94. The molecule has 1 aromatic rings. The fourth-order valence-electron chi connectivity index (χ4n) is 3.50. The van der Waals surface area contributed by atoms with Gasteiger partial charge in [-0.2, -0.15) is 0 Å². The Morgan fingerprint density at radius 1 is 1.25 bits per heavy atom. The van der Waals surface area contributed by atoms with Crippen LogP contribution in [-0.2, 0) is 11.2 Å². The first-order chi connectivity index (χ1) is 9.71. The van der Waals surface area contributed by atoms with Crippen molar-refractivity contribution < 1.29 is 9.53 Å². The summed E-state index contributed by atoms with van der Waals surface area (Å²) >= 11 is 0. The van der Waals surface area contributed by atoms with Crippen molar-refractivity contribution in [3.8, 4) is 0 Å². The molecule has 0 aromatic heterocycles. The van der Waals surface area contributed by atoms with Crippen LogP contribution in [0.1, 0.15) is 35.2 Å². The van der Waals surface area contributed by atoms with E-state index in [2.05, 4.69) is 4.90 Å². The molecular weight excluding hydrogens is 252 g/mol. The second kappa shape index (κ2) is 5.54. The fourth-order valence-corrected chi connectivity index (χ4v) is 3.50. The molecule has 1 saturated carbocycles. The molecule has 0 bridgehead atoms. The summed E-state index contributed by atoms with van der Waals surface area (Å²) in [7, 11) is 0. The largest absolute Gasteiger partial charge is 0.379 e. The zero-order chi connectivity index (χ0) is 14.0. The first-order valence-electron chi connectivity index (χ1n) is 7.42. The summed E-state index contributed by atoms with van der Waals surface area (Å²) in [6.45, 7) is 3.63. The molecule has 1 amide bonds. The third-order valence-electron chi connectivity index (χ3n) is 4.77. The molecule has 2 aliphatic rings. The lowest BCUT2D eigenvalue weighted by atomic mass is 9.70. The average molecular weight is 274 g/mol. The van der Waals surface area contributed by atoms with Crippen LogP contribution in [0.3, 0.4) is 0 Å². The highest BCUT2D eigenvalue weighted by Gasteiger charge is 2.43. The van der Waals surface area contributed by atoms with Crippen LogP contribution >= 0.6 is 0 Å². The predicted molar refractivity (Wildman–Crippen MR) is 77.6 cm³/mol. The number of ether oxygens (including phenoxy) is 1. The lowest BCUT2D eigenvalue weighted by Crippen LogP contribution is -2.58. The minimum atomic E-state index is -0.322. The molecule has 2 fully saturated rings. The van der Waals surface area contributed by atoms with E-state index >= 15 is 0 Å². The first kappa shape index (κ1) is 13.6. The number of rotatable bonds is 4.